The Kier molecular flexibility index (Phi) is 5.12. The van der Waals surface area contributed by atoms with Crippen molar-refractivity contribution in [2.45, 2.75) is 46.6 Å². The van der Waals surface area contributed by atoms with E-state index in [9.17, 15) is 9.59 Å². The van der Waals surface area contributed by atoms with Crippen LogP contribution in [0.15, 0.2) is 0 Å². The molecule has 98 valence electrons. The van der Waals surface area contributed by atoms with Gasteiger partial charge in [0.2, 0.25) is 11.8 Å². The standard InChI is InChI=1S/C13H24N2O2/c1-5-10(4)14-6-7-15-12(16)8-11(9(2)3)13(15)17/h9-11,14H,5-8H2,1-4H3. The lowest BCUT2D eigenvalue weighted by molar-refractivity contribution is -0.139. The zero-order chi connectivity index (χ0) is 13.0. The minimum atomic E-state index is -0.105. The molecule has 0 radical (unpaired) electrons. The zero-order valence-corrected chi connectivity index (χ0v) is 11.3. The van der Waals surface area contributed by atoms with Crippen LogP contribution in [0.4, 0.5) is 0 Å². The molecular formula is C13H24N2O2. The second-order valence-electron chi connectivity index (χ2n) is 5.20. The number of imide groups is 1. The second kappa shape index (κ2) is 6.15. The summed E-state index contributed by atoms with van der Waals surface area (Å²) in [5.74, 6) is 0.140. The van der Waals surface area contributed by atoms with Gasteiger partial charge in [0, 0.05) is 31.5 Å². The van der Waals surface area contributed by atoms with Crippen LogP contribution in [0.2, 0.25) is 0 Å². The molecule has 1 rings (SSSR count). The van der Waals surface area contributed by atoms with Crippen molar-refractivity contribution in [1.82, 2.24) is 10.2 Å². The van der Waals surface area contributed by atoms with Gasteiger partial charge in [0.15, 0.2) is 0 Å². The van der Waals surface area contributed by atoms with E-state index in [0.717, 1.165) is 6.42 Å². The van der Waals surface area contributed by atoms with E-state index in [1.807, 2.05) is 13.8 Å². The molecule has 0 spiro atoms. The van der Waals surface area contributed by atoms with Gasteiger partial charge in [0.1, 0.15) is 0 Å². The Morgan fingerprint density at radius 3 is 2.47 bits per heavy atom. The van der Waals surface area contributed by atoms with Crippen LogP contribution in [-0.4, -0.2) is 35.8 Å². The average Bonchev–Trinajstić information content (AvgIpc) is 2.56. The van der Waals surface area contributed by atoms with Crippen LogP contribution in [0.5, 0.6) is 0 Å². The first-order valence-electron chi connectivity index (χ1n) is 6.55. The molecule has 0 aliphatic carbocycles. The van der Waals surface area contributed by atoms with Gasteiger partial charge in [0.25, 0.3) is 0 Å². The topological polar surface area (TPSA) is 49.4 Å². The van der Waals surface area contributed by atoms with E-state index in [1.54, 1.807) is 0 Å². The molecule has 2 unspecified atom stereocenters. The van der Waals surface area contributed by atoms with Gasteiger partial charge in [-0.25, -0.2) is 0 Å². The monoisotopic (exact) mass is 240 g/mol. The highest BCUT2D eigenvalue weighted by Crippen LogP contribution is 2.25. The Morgan fingerprint density at radius 1 is 1.35 bits per heavy atom. The summed E-state index contributed by atoms with van der Waals surface area (Å²) in [6.45, 7) is 9.40. The summed E-state index contributed by atoms with van der Waals surface area (Å²) in [6.07, 6.45) is 1.44. The number of amides is 2. The Morgan fingerprint density at radius 2 is 2.00 bits per heavy atom. The molecule has 17 heavy (non-hydrogen) atoms. The van der Waals surface area contributed by atoms with E-state index in [4.69, 9.17) is 0 Å². The van der Waals surface area contributed by atoms with Crippen LogP contribution in [0.3, 0.4) is 0 Å². The van der Waals surface area contributed by atoms with Crippen molar-refractivity contribution in [3.8, 4) is 0 Å². The molecule has 1 heterocycles. The quantitative estimate of drug-likeness (QED) is 0.714. The molecule has 1 aliphatic rings. The molecule has 4 nitrogen and oxygen atoms in total. The van der Waals surface area contributed by atoms with Gasteiger partial charge in [0.05, 0.1) is 0 Å². The summed E-state index contributed by atoms with van der Waals surface area (Å²) in [5, 5.41) is 3.30. The fourth-order valence-electron chi connectivity index (χ4n) is 2.03. The molecule has 2 amide bonds. The van der Waals surface area contributed by atoms with E-state index >= 15 is 0 Å². The summed E-state index contributed by atoms with van der Waals surface area (Å²) in [5.41, 5.74) is 0. The number of rotatable bonds is 6. The molecule has 0 aromatic rings. The molecule has 1 aliphatic heterocycles. The lowest BCUT2D eigenvalue weighted by Crippen LogP contribution is -2.39. The van der Waals surface area contributed by atoms with Crippen LogP contribution in [0, 0.1) is 11.8 Å². The lowest BCUT2D eigenvalue weighted by atomic mass is 9.94. The molecule has 1 saturated heterocycles. The highest BCUT2D eigenvalue weighted by atomic mass is 16.2. The van der Waals surface area contributed by atoms with Crippen LogP contribution >= 0.6 is 0 Å². The summed E-state index contributed by atoms with van der Waals surface area (Å²) in [7, 11) is 0. The molecule has 0 saturated carbocycles. The van der Waals surface area contributed by atoms with Gasteiger partial charge in [-0.1, -0.05) is 20.8 Å². The maximum Gasteiger partial charge on any atom is 0.233 e. The van der Waals surface area contributed by atoms with E-state index < -0.39 is 0 Å². The van der Waals surface area contributed by atoms with Gasteiger partial charge in [-0.15, -0.1) is 0 Å². The summed E-state index contributed by atoms with van der Waals surface area (Å²) < 4.78 is 0. The Balaban J connectivity index is 2.44. The van der Waals surface area contributed by atoms with Crippen LogP contribution < -0.4 is 5.32 Å². The predicted octanol–water partition coefficient (Wildman–Crippen LogP) is 1.41. The number of hydrogen-bond acceptors (Lipinski definition) is 3. The van der Waals surface area contributed by atoms with Crippen molar-refractivity contribution in [2.75, 3.05) is 13.1 Å². The summed E-state index contributed by atoms with van der Waals surface area (Å²) >= 11 is 0. The van der Waals surface area contributed by atoms with Crippen LogP contribution in [-0.2, 0) is 9.59 Å². The maximum absolute atomic E-state index is 12.0. The van der Waals surface area contributed by atoms with E-state index in [1.165, 1.54) is 4.90 Å². The van der Waals surface area contributed by atoms with Crippen molar-refractivity contribution in [1.29, 1.82) is 0 Å². The smallest absolute Gasteiger partial charge is 0.233 e. The van der Waals surface area contributed by atoms with E-state index in [0.29, 0.717) is 25.6 Å². The SMILES string of the molecule is CCC(C)NCCN1C(=O)CC(C(C)C)C1=O. The number of nitrogens with zero attached hydrogens (tertiary/aromatic N) is 1. The summed E-state index contributed by atoms with van der Waals surface area (Å²) in [6, 6.07) is 0.434. The van der Waals surface area contributed by atoms with Crippen molar-refractivity contribution in [3.05, 3.63) is 0 Å². The van der Waals surface area contributed by atoms with Gasteiger partial charge >= 0.3 is 0 Å². The molecule has 0 aromatic carbocycles. The predicted molar refractivity (Wildman–Crippen MR) is 67.4 cm³/mol. The Hall–Kier alpha value is -0.900. The zero-order valence-electron chi connectivity index (χ0n) is 11.3. The lowest BCUT2D eigenvalue weighted by Gasteiger charge is -2.18. The molecule has 4 heteroatoms. The third-order valence-electron chi connectivity index (χ3n) is 3.52. The Labute approximate surface area is 104 Å². The third kappa shape index (κ3) is 3.53. The number of hydrogen-bond donors (Lipinski definition) is 1. The average molecular weight is 240 g/mol. The second-order valence-corrected chi connectivity index (χ2v) is 5.20. The fourth-order valence-corrected chi connectivity index (χ4v) is 2.03. The highest BCUT2D eigenvalue weighted by molar-refractivity contribution is 6.03. The molecule has 1 fully saturated rings. The van der Waals surface area contributed by atoms with Crippen LogP contribution in [0.25, 0.3) is 0 Å². The number of carbonyl (C=O) groups is 2. The maximum atomic E-state index is 12.0. The van der Waals surface area contributed by atoms with Crippen molar-refractivity contribution < 1.29 is 9.59 Å². The highest BCUT2D eigenvalue weighted by Gasteiger charge is 2.39. The number of likely N-dealkylation sites (tertiary alicyclic amines) is 1. The first-order valence-corrected chi connectivity index (χ1v) is 6.55. The Bertz CT molecular complexity index is 289. The van der Waals surface area contributed by atoms with Crippen LogP contribution in [0.1, 0.15) is 40.5 Å². The minimum absolute atomic E-state index is 0.0101. The molecule has 0 bridgehead atoms. The first-order chi connectivity index (χ1) is 7.97. The summed E-state index contributed by atoms with van der Waals surface area (Å²) in [4.78, 5) is 25.1. The fraction of sp³-hybridized carbons (Fsp3) is 0.846. The van der Waals surface area contributed by atoms with Crippen molar-refractivity contribution in [2.24, 2.45) is 11.8 Å². The normalized spacial score (nSPS) is 22.6. The number of carbonyl (C=O) groups excluding carboxylic acids is 2. The molecule has 2 atom stereocenters. The molecule has 1 N–H and O–H groups in total. The molecular weight excluding hydrogens is 216 g/mol. The van der Waals surface area contributed by atoms with Gasteiger partial charge in [-0.3, -0.25) is 14.5 Å². The van der Waals surface area contributed by atoms with E-state index in [2.05, 4.69) is 19.2 Å². The largest absolute Gasteiger partial charge is 0.312 e. The molecule has 0 aromatic heterocycles. The minimum Gasteiger partial charge on any atom is -0.312 e. The first kappa shape index (κ1) is 14.2. The van der Waals surface area contributed by atoms with Gasteiger partial charge in [-0.05, 0) is 19.3 Å². The van der Waals surface area contributed by atoms with Gasteiger partial charge < -0.3 is 5.32 Å². The van der Waals surface area contributed by atoms with E-state index in [-0.39, 0.29) is 23.7 Å². The number of nitrogens with one attached hydrogen (secondary N) is 1. The van der Waals surface area contributed by atoms with Crippen molar-refractivity contribution >= 4 is 11.8 Å². The third-order valence-corrected chi connectivity index (χ3v) is 3.52. The van der Waals surface area contributed by atoms with Gasteiger partial charge in [-0.2, -0.15) is 0 Å². The van der Waals surface area contributed by atoms with Crippen molar-refractivity contribution in [3.63, 3.8) is 0 Å².